The monoisotopic (exact) mass is 484 g/mol. The summed E-state index contributed by atoms with van der Waals surface area (Å²) in [4.78, 5) is 6.05. The molecule has 0 bridgehead atoms. The largest absolute Gasteiger partial charge is 0.401 e. The predicted octanol–water partition coefficient (Wildman–Crippen LogP) is 3.56. The summed E-state index contributed by atoms with van der Waals surface area (Å²) in [5, 5.41) is 6.45. The van der Waals surface area contributed by atoms with Crippen molar-refractivity contribution in [1.82, 2.24) is 15.5 Å². The first-order valence-corrected chi connectivity index (χ1v) is 8.82. The molecule has 1 aromatic carbocycles. The van der Waals surface area contributed by atoms with Gasteiger partial charge < -0.3 is 10.6 Å². The Morgan fingerprint density at radius 2 is 1.92 bits per heavy atom. The standard InChI is InChI=1S/C18H27F3N4.HI/c1-3-14-7-5-6-8-15(14)11-23-17(22-4-2)24-16-9-10-25(12-16)13-18(19,20)21;/h5-8,16H,3-4,9-13H2,1-2H3,(H2,22,23,24);1H. The van der Waals surface area contributed by atoms with Crippen LogP contribution >= 0.6 is 24.0 Å². The van der Waals surface area contributed by atoms with E-state index in [1.807, 2.05) is 19.1 Å². The molecule has 1 fully saturated rings. The lowest BCUT2D eigenvalue weighted by molar-refractivity contribution is -0.143. The number of likely N-dealkylation sites (tertiary alicyclic amines) is 1. The molecule has 2 rings (SSSR count). The zero-order chi connectivity index (χ0) is 18.3. The number of nitrogens with one attached hydrogen (secondary N) is 2. The second kappa shape index (κ2) is 11.0. The van der Waals surface area contributed by atoms with Gasteiger partial charge in [0.2, 0.25) is 0 Å². The summed E-state index contributed by atoms with van der Waals surface area (Å²) in [5.41, 5.74) is 2.44. The summed E-state index contributed by atoms with van der Waals surface area (Å²) in [6.45, 7) is 5.34. The van der Waals surface area contributed by atoms with Gasteiger partial charge in [-0.05, 0) is 30.9 Å². The van der Waals surface area contributed by atoms with E-state index < -0.39 is 12.7 Å². The van der Waals surface area contributed by atoms with Gasteiger partial charge in [-0.25, -0.2) is 4.99 Å². The Bertz CT molecular complexity index is 578. The average Bonchev–Trinajstić information content (AvgIpc) is 2.98. The Labute approximate surface area is 170 Å². The molecule has 2 N–H and O–H groups in total. The molecule has 1 aromatic rings. The van der Waals surface area contributed by atoms with E-state index in [-0.39, 0.29) is 30.0 Å². The van der Waals surface area contributed by atoms with E-state index in [1.54, 1.807) is 0 Å². The number of halogens is 4. The Morgan fingerprint density at radius 3 is 2.54 bits per heavy atom. The SMILES string of the molecule is CCNC(=NCc1ccccc1CC)NC1CCN(CC(F)(F)F)C1.I. The fourth-order valence-electron chi connectivity index (χ4n) is 3.08. The van der Waals surface area contributed by atoms with Gasteiger partial charge in [0.15, 0.2) is 5.96 Å². The first kappa shape index (κ1) is 23.0. The van der Waals surface area contributed by atoms with Crippen molar-refractivity contribution in [3.8, 4) is 0 Å². The van der Waals surface area contributed by atoms with Crippen LogP contribution in [0.1, 0.15) is 31.4 Å². The molecular formula is C18H28F3IN4. The van der Waals surface area contributed by atoms with Crippen molar-refractivity contribution in [2.75, 3.05) is 26.2 Å². The molecule has 4 nitrogen and oxygen atoms in total. The number of alkyl halides is 3. The van der Waals surface area contributed by atoms with Gasteiger partial charge in [0, 0.05) is 25.7 Å². The van der Waals surface area contributed by atoms with Crippen LogP contribution in [0, 0.1) is 0 Å². The molecule has 148 valence electrons. The maximum atomic E-state index is 12.5. The quantitative estimate of drug-likeness (QED) is 0.369. The van der Waals surface area contributed by atoms with Gasteiger partial charge in [-0.15, -0.1) is 24.0 Å². The van der Waals surface area contributed by atoms with Crippen LogP contribution < -0.4 is 10.6 Å². The van der Waals surface area contributed by atoms with Crippen LogP contribution in [0.15, 0.2) is 29.3 Å². The molecule has 8 heteroatoms. The molecule has 0 saturated carbocycles. The van der Waals surface area contributed by atoms with Gasteiger partial charge in [0.25, 0.3) is 0 Å². The van der Waals surface area contributed by atoms with Crippen LogP contribution in [0.5, 0.6) is 0 Å². The second-order valence-electron chi connectivity index (χ2n) is 6.30. The molecule has 1 heterocycles. The van der Waals surface area contributed by atoms with Gasteiger partial charge >= 0.3 is 6.18 Å². The van der Waals surface area contributed by atoms with Crippen molar-refractivity contribution in [3.05, 3.63) is 35.4 Å². The van der Waals surface area contributed by atoms with E-state index in [0.29, 0.717) is 38.6 Å². The van der Waals surface area contributed by atoms with Crippen LogP contribution in [-0.2, 0) is 13.0 Å². The molecular weight excluding hydrogens is 456 g/mol. The van der Waals surface area contributed by atoms with E-state index in [9.17, 15) is 13.2 Å². The molecule has 0 aliphatic carbocycles. The van der Waals surface area contributed by atoms with Crippen molar-refractivity contribution in [3.63, 3.8) is 0 Å². The molecule has 1 aliphatic heterocycles. The molecule has 0 radical (unpaired) electrons. The highest BCUT2D eigenvalue weighted by molar-refractivity contribution is 14.0. The third-order valence-corrected chi connectivity index (χ3v) is 4.27. The number of guanidine groups is 1. The molecule has 0 amide bonds. The molecule has 1 atom stereocenters. The number of nitrogens with zero attached hydrogens (tertiary/aromatic N) is 2. The van der Waals surface area contributed by atoms with Gasteiger partial charge in [-0.1, -0.05) is 31.2 Å². The van der Waals surface area contributed by atoms with Crippen LogP contribution in [0.4, 0.5) is 13.2 Å². The molecule has 0 aromatic heterocycles. The lowest BCUT2D eigenvalue weighted by Gasteiger charge is -2.20. The van der Waals surface area contributed by atoms with E-state index >= 15 is 0 Å². The third-order valence-electron chi connectivity index (χ3n) is 4.27. The van der Waals surface area contributed by atoms with Crippen LogP contribution in [-0.4, -0.2) is 49.3 Å². The fraction of sp³-hybridized carbons (Fsp3) is 0.611. The smallest absolute Gasteiger partial charge is 0.357 e. The Hall–Kier alpha value is -1.03. The summed E-state index contributed by atoms with van der Waals surface area (Å²) in [7, 11) is 0. The maximum Gasteiger partial charge on any atom is 0.401 e. The van der Waals surface area contributed by atoms with Crippen molar-refractivity contribution >= 4 is 29.9 Å². The zero-order valence-electron chi connectivity index (χ0n) is 15.3. The summed E-state index contributed by atoms with van der Waals surface area (Å²) in [5.74, 6) is 0.660. The van der Waals surface area contributed by atoms with Crippen molar-refractivity contribution < 1.29 is 13.2 Å². The maximum absolute atomic E-state index is 12.5. The molecule has 0 spiro atoms. The number of aryl methyl sites for hydroxylation is 1. The highest BCUT2D eigenvalue weighted by Crippen LogP contribution is 2.20. The lowest BCUT2D eigenvalue weighted by atomic mass is 10.1. The second-order valence-corrected chi connectivity index (χ2v) is 6.30. The van der Waals surface area contributed by atoms with E-state index in [1.165, 1.54) is 16.0 Å². The first-order chi connectivity index (χ1) is 11.9. The first-order valence-electron chi connectivity index (χ1n) is 8.82. The number of hydrogen-bond donors (Lipinski definition) is 2. The summed E-state index contributed by atoms with van der Waals surface area (Å²) in [6, 6.07) is 8.16. The van der Waals surface area contributed by atoms with Crippen LogP contribution in [0.25, 0.3) is 0 Å². The van der Waals surface area contributed by atoms with E-state index in [4.69, 9.17) is 0 Å². The molecule has 26 heavy (non-hydrogen) atoms. The van der Waals surface area contributed by atoms with E-state index in [2.05, 4.69) is 34.7 Å². The van der Waals surface area contributed by atoms with Crippen LogP contribution in [0.2, 0.25) is 0 Å². The van der Waals surface area contributed by atoms with Gasteiger partial charge in [-0.3, -0.25) is 4.90 Å². The molecule has 1 saturated heterocycles. The Balaban J connectivity index is 0.00000338. The Kier molecular flexibility index (Phi) is 9.70. The van der Waals surface area contributed by atoms with Crippen molar-refractivity contribution in [2.45, 2.75) is 45.5 Å². The third kappa shape index (κ3) is 7.69. The van der Waals surface area contributed by atoms with Crippen molar-refractivity contribution in [1.29, 1.82) is 0 Å². The minimum absolute atomic E-state index is 0. The topological polar surface area (TPSA) is 39.7 Å². The average molecular weight is 484 g/mol. The fourth-order valence-corrected chi connectivity index (χ4v) is 3.08. The molecule has 1 unspecified atom stereocenters. The Morgan fingerprint density at radius 1 is 1.23 bits per heavy atom. The lowest BCUT2D eigenvalue weighted by Crippen LogP contribution is -2.45. The minimum Gasteiger partial charge on any atom is -0.357 e. The number of hydrogen-bond acceptors (Lipinski definition) is 2. The van der Waals surface area contributed by atoms with Crippen LogP contribution in [0.3, 0.4) is 0 Å². The van der Waals surface area contributed by atoms with E-state index in [0.717, 1.165) is 6.42 Å². The zero-order valence-corrected chi connectivity index (χ0v) is 17.6. The van der Waals surface area contributed by atoms with Gasteiger partial charge in [0.05, 0.1) is 13.1 Å². The number of benzene rings is 1. The van der Waals surface area contributed by atoms with Gasteiger partial charge in [-0.2, -0.15) is 13.2 Å². The number of aliphatic imine (C=N–C) groups is 1. The summed E-state index contributed by atoms with van der Waals surface area (Å²) in [6.07, 6.45) is -2.51. The summed E-state index contributed by atoms with van der Waals surface area (Å²) < 4.78 is 37.5. The summed E-state index contributed by atoms with van der Waals surface area (Å²) >= 11 is 0. The highest BCUT2D eigenvalue weighted by Gasteiger charge is 2.34. The van der Waals surface area contributed by atoms with Crippen molar-refractivity contribution in [2.24, 2.45) is 4.99 Å². The normalized spacial score (nSPS) is 18.5. The number of rotatable bonds is 6. The highest BCUT2D eigenvalue weighted by atomic mass is 127. The van der Waals surface area contributed by atoms with Gasteiger partial charge in [0.1, 0.15) is 0 Å². The minimum atomic E-state index is -4.14. The predicted molar refractivity (Wildman–Crippen MR) is 110 cm³/mol. The molecule has 1 aliphatic rings.